The molecule has 10 heteroatoms. The van der Waals surface area contributed by atoms with Gasteiger partial charge in [-0.05, 0) is 32.3 Å². The molecule has 0 aliphatic heterocycles. The van der Waals surface area contributed by atoms with Gasteiger partial charge >= 0.3 is 0 Å². The third-order valence-corrected chi connectivity index (χ3v) is 5.61. The molecule has 0 radical (unpaired) electrons. The Balaban J connectivity index is 1.64. The summed E-state index contributed by atoms with van der Waals surface area (Å²) < 4.78 is 22.1. The summed E-state index contributed by atoms with van der Waals surface area (Å²) in [5.74, 6) is 0.255. The summed E-state index contributed by atoms with van der Waals surface area (Å²) in [6.45, 7) is 1.69. The maximum absolute atomic E-state index is 14.6. The van der Waals surface area contributed by atoms with Crippen molar-refractivity contribution in [2.24, 2.45) is 7.05 Å². The molecule has 3 aromatic heterocycles. The highest BCUT2D eigenvalue weighted by atomic mass is 19.1. The number of hydrogen-bond donors (Lipinski definition) is 2. The molecule has 0 fully saturated rings. The number of likely N-dealkylation sites (N-methyl/N-ethyl adjacent to an activating group) is 2. The summed E-state index contributed by atoms with van der Waals surface area (Å²) in [6.07, 6.45) is 4.65. The average Bonchev–Trinajstić information content (AvgIpc) is 3.19. The molecule has 0 unspecified atom stereocenters. The summed E-state index contributed by atoms with van der Waals surface area (Å²) in [4.78, 5) is 17.1. The Kier molecular flexibility index (Phi) is 6.51. The van der Waals surface area contributed by atoms with Gasteiger partial charge in [0.25, 0.3) is 0 Å². The number of anilines is 4. The predicted octanol–water partition coefficient (Wildman–Crippen LogP) is 3.50. The minimum atomic E-state index is -0.535. The summed E-state index contributed by atoms with van der Waals surface area (Å²) in [5.41, 5.74) is 9.88. The van der Waals surface area contributed by atoms with Crippen LogP contribution in [0.4, 0.5) is 27.4 Å². The van der Waals surface area contributed by atoms with Crippen molar-refractivity contribution in [2.45, 2.75) is 0 Å². The van der Waals surface area contributed by atoms with Crippen LogP contribution in [0, 0.1) is 5.82 Å². The lowest BCUT2D eigenvalue weighted by Crippen LogP contribution is -2.29. The van der Waals surface area contributed by atoms with E-state index in [1.54, 1.807) is 19.4 Å². The Bertz CT molecular complexity index is 1320. The highest BCUT2D eigenvalue weighted by molar-refractivity contribution is 5.82. The van der Waals surface area contributed by atoms with Crippen LogP contribution in [0.1, 0.15) is 0 Å². The van der Waals surface area contributed by atoms with Gasteiger partial charge in [0, 0.05) is 56.6 Å². The Morgan fingerprint density at radius 2 is 1.91 bits per heavy atom. The zero-order chi connectivity index (χ0) is 24.4. The first-order chi connectivity index (χ1) is 16.3. The van der Waals surface area contributed by atoms with E-state index in [0.717, 1.165) is 36.0 Å². The number of hydrogen-bond acceptors (Lipinski definition) is 8. The number of pyridine rings is 1. The summed E-state index contributed by atoms with van der Waals surface area (Å²) >= 11 is 0. The third-order valence-electron chi connectivity index (χ3n) is 5.61. The van der Waals surface area contributed by atoms with Crippen LogP contribution in [0.2, 0.25) is 0 Å². The van der Waals surface area contributed by atoms with Crippen molar-refractivity contribution < 1.29 is 9.13 Å². The Morgan fingerprint density at radius 3 is 2.65 bits per heavy atom. The van der Waals surface area contributed by atoms with Crippen LogP contribution in [-0.2, 0) is 7.05 Å². The third kappa shape index (κ3) is 4.72. The SMILES string of the molecule is COc1cc(N(C)CCN(C)C)c(N)cc1Nc1ncc(F)c(-c2cnc3c(ccn3C)c2)n1. The van der Waals surface area contributed by atoms with E-state index in [1.165, 1.54) is 0 Å². The fourth-order valence-electron chi connectivity index (χ4n) is 3.69. The molecule has 0 saturated heterocycles. The zero-order valence-corrected chi connectivity index (χ0v) is 20.0. The van der Waals surface area contributed by atoms with Crippen LogP contribution < -0.4 is 20.7 Å². The molecule has 0 amide bonds. The van der Waals surface area contributed by atoms with E-state index in [2.05, 4.69) is 30.1 Å². The number of nitrogens with two attached hydrogens (primary N) is 1. The number of aryl methyl sites for hydroxylation is 1. The fourth-order valence-corrected chi connectivity index (χ4v) is 3.69. The van der Waals surface area contributed by atoms with E-state index in [1.807, 2.05) is 57.2 Å². The Morgan fingerprint density at radius 1 is 1.12 bits per heavy atom. The molecular formula is C24H29FN8O. The second-order valence-electron chi connectivity index (χ2n) is 8.41. The molecule has 0 saturated carbocycles. The van der Waals surface area contributed by atoms with Crippen LogP contribution in [-0.4, -0.2) is 65.8 Å². The average molecular weight is 465 g/mol. The molecule has 3 N–H and O–H groups in total. The minimum Gasteiger partial charge on any atom is -0.494 e. The summed E-state index contributed by atoms with van der Waals surface area (Å²) in [7, 11) is 9.52. The molecule has 0 aliphatic carbocycles. The van der Waals surface area contributed by atoms with Gasteiger partial charge in [-0.25, -0.2) is 19.3 Å². The van der Waals surface area contributed by atoms with E-state index in [4.69, 9.17) is 10.5 Å². The maximum Gasteiger partial charge on any atom is 0.228 e. The van der Waals surface area contributed by atoms with Crippen LogP contribution in [0.15, 0.2) is 42.9 Å². The van der Waals surface area contributed by atoms with E-state index < -0.39 is 5.82 Å². The number of methoxy groups -OCH3 is 1. The predicted molar refractivity (Wildman–Crippen MR) is 134 cm³/mol. The lowest BCUT2D eigenvalue weighted by atomic mass is 10.1. The van der Waals surface area contributed by atoms with Gasteiger partial charge in [0.15, 0.2) is 5.82 Å². The van der Waals surface area contributed by atoms with Gasteiger partial charge in [0.2, 0.25) is 5.95 Å². The number of aromatic nitrogens is 4. The molecule has 9 nitrogen and oxygen atoms in total. The molecule has 0 aliphatic rings. The van der Waals surface area contributed by atoms with E-state index in [9.17, 15) is 4.39 Å². The second-order valence-corrected chi connectivity index (χ2v) is 8.41. The zero-order valence-electron chi connectivity index (χ0n) is 20.0. The number of rotatable bonds is 8. The minimum absolute atomic E-state index is 0.155. The highest BCUT2D eigenvalue weighted by Gasteiger charge is 2.16. The molecule has 178 valence electrons. The van der Waals surface area contributed by atoms with Crippen molar-refractivity contribution in [3.63, 3.8) is 0 Å². The summed E-state index contributed by atoms with van der Waals surface area (Å²) in [6, 6.07) is 7.42. The molecule has 1 aromatic carbocycles. The highest BCUT2D eigenvalue weighted by Crippen LogP contribution is 2.36. The molecular weight excluding hydrogens is 435 g/mol. The van der Waals surface area contributed by atoms with Gasteiger partial charge in [-0.2, -0.15) is 0 Å². The molecule has 0 bridgehead atoms. The fraction of sp³-hybridized carbons (Fsp3) is 0.292. The largest absolute Gasteiger partial charge is 0.494 e. The topological polar surface area (TPSA) is 97.4 Å². The van der Waals surface area contributed by atoms with E-state index >= 15 is 0 Å². The van der Waals surface area contributed by atoms with Gasteiger partial charge in [0.1, 0.15) is 17.1 Å². The molecule has 0 spiro atoms. The molecule has 4 aromatic rings. The Labute approximate surface area is 198 Å². The second kappa shape index (κ2) is 9.52. The first kappa shape index (κ1) is 23.2. The lowest BCUT2D eigenvalue weighted by molar-refractivity contribution is 0.413. The summed E-state index contributed by atoms with van der Waals surface area (Å²) in [5, 5.41) is 4.01. The first-order valence-electron chi connectivity index (χ1n) is 10.8. The van der Waals surface area contributed by atoms with Gasteiger partial charge < -0.3 is 30.2 Å². The van der Waals surface area contributed by atoms with Crippen molar-refractivity contribution in [3.8, 4) is 17.0 Å². The van der Waals surface area contributed by atoms with Crippen molar-refractivity contribution in [1.82, 2.24) is 24.4 Å². The Hall–Kier alpha value is -3.92. The number of benzene rings is 1. The van der Waals surface area contributed by atoms with Crippen molar-refractivity contribution >= 4 is 34.0 Å². The lowest BCUT2D eigenvalue weighted by Gasteiger charge is -2.24. The normalized spacial score (nSPS) is 11.3. The quantitative estimate of drug-likeness (QED) is 0.383. The van der Waals surface area contributed by atoms with Crippen LogP contribution in [0.3, 0.4) is 0 Å². The van der Waals surface area contributed by atoms with E-state index in [0.29, 0.717) is 22.7 Å². The molecule has 3 heterocycles. The molecule has 0 atom stereocenters. The van der Waals surface area contributed by atoms with Crippen LogP contribution in [0.5, 0.6) is 5.75 Å². The van der Waals surface area contributed by atoms with Gasteiger partial charge in [-0.3, -0.25) is 0 Å². The van der Waals surface area contributed by atoms with Crippen molar-refractivity contribution in [2.75, 3.05) is 57.3 Å². The number of ether oxygens (including phenoxy) is 1. The van der Waals surface area contributed by atoms with Crippen molar-refractivity contribution in [1.29, 1.82) is 0 Å². The standard InChI is InChI=1S/C24H29FN8O/c1-31(2)8-9-32(3)20-12-21(34-5)19(11-18(20)26)29-24-28-14-17(25)22(30-24)16-10-15-6-7-33(4)23(15)27-13-16/h6-7,10-14H,8-9,26H2,1-5H3,(H,28,29,30). The van der Waals surface area contributed by atoms with Gasteiger partial charge in [-0.1, -0.05) is 0 Å². The van der Waals surface area contributed by atoms with Crippen LogP contribution >= 0.6 is 0 Å². The number of fused-ring (bicyclic) bond motifs is 1. The van der Waals surface area contributed by atoms with Gasteiger partial charge in [-0.15, -0.1) is 0 Å². The number of nitrogens with one attached hydrogen (secondary N) is 1. The molecule has 4 rings (SSSR count). The van der Waals surface area contributed by atoms with Crippen LogP contribution in [0.25, 0.3) is 22.3 Å². The number of nitrogen functional groups attached to an aromatic ring is 1. The number of halogens is 1. The first-order valence-corrected chi connectivity index (χ1v) is 10.8. The smallest absolute Gasteiger partial charge is 0.228 e. The monoisotopic (exact) mass is 464 g/mol. The van der Waals surface area contributed by atoms with E-state index in [-0.39, 0.29) is 11.6 Å². The van der Waals surface area contributed by atoms with Crippen molar-refractivity contribution in [3.05, 3.63) is 48.7 Å². The van der Waals surface area contributed by atoms with Gasteiger partial charge in [0.05, 0.1) is 30.4 Å². The number of nitrogens with zero attached hydrogens (tertiary/aromatic N) is 6. The molecule has 34 heavy (non-hydrogen) atoms. The maximum atomic E-state index is 14.6.